The van der Waals surface area contributed by atoms with E-state index in [9.17, 15) is 14.4 Å². The molecular weight excluding hydrogens is 312 g/mol. The van der Waals surface area contributed by atoms with Gasteiger partial charge in [-0.15, -0.1) is 0 Å². The summed E-state index contributed by atoms with van der Waals surface area (Å²) in [6.45, 7) is 0.632. The zero-order valence-electron chi connectivity index (χ0n) is 13.9. The molecule has 0 bridgehead atoms. The van der Waals surface area contributed by atoms with Crippen LogP contribution in [0.25, 0.3) is 0 Å². The molecule has 0 aromatic heterocycles. The van der Waals surface area contributed by atoms with Crippen LogP contribution in [0.1, 0.15) is 23.2 Å². The number of benzene rings is 1. The quantitative estimate of drug-likeness (QED) is 0.871. The van der Waals surface area contributed by atoms with Gasteiger partial charge in [-0.2, -0.15) is 0 Å². The highest BCUT2D eigenvalue weighted by atomic mass is 16.5. The van der Waals surface area contributed by atoms with Crippen LogP contribution in [-0.2, 0) is 9.59 Å². The van der Waals surface area contributed by atoms with Gasteiger partial charge in [0.05, 0.1) is 25.1 Å². The summed E-state index contributed by atoms with van der Waals surface area (Å²) in [4.78, 5) is 38.8. The first-order chi connectivity index (χ1) is 11.4. The molecule has 1 aliphatic rings. The molecule has 1 saturated heterocycles. The van der Waals surface area contributed by atoms with Gasteiger partial charge in [0.2, 0.25) is 5.91 Å². The summed E-state index contributed by atoms with van der Waals surface area (Å²) in [5, 5.41) is 9.10. The monoisotopic (exact) mass is 334 g/mol. The van der Waals surface area contributed by atoms with Gasteiger partial charge in [0.25, 0.3) is 5.91 Å². The number of carbonyl (C=O) groups excluding carboxylic acids is 2. The molecule has 1 aromatic carbocycles. The molecule has 1 unspecified atom stereocenters. The maximum Gasteiger partial charge on any atom is 0.308 e. The third-order valence-electron chi connectivity index (χ3n) is 4.18. The van der Waals surface area contributed by atoms with Crippen molar-refractivity contribution in [1.82, 2.24) is 9.80 Å². The SMILES string of the molecule is COc1ccccc1C(=O)N(C)CC(=O)N1CCCC(C(=O)O)C1. The lowest BCUT2D eigenvalue weighted by atomic mass is 9.98. The summed E-state index contributed by atoms with van der Waals surface area (Å²) in [7, 11) is 3.03. The fourth-order valence-electron chi connectivity index (χ4n) is 2.81. The van der Waals surface area contributed by atoms with Crippen molar-refractivity contribution in [1.29, 1.82) is 0 Å². The summed E-state index contributed by atoms with van der Waals surface area (Å²) < 4.78 is 5.17. The maximum absolute atomic E-state index is 12.5. The number of piperidine rings is 1. The van der Waals surface area contributed by atoms with Crippen molar-refractivity contribution in [2.24, 2.45) is 5.92 Å². The minimum atomic E-state index is -0.883. The standard InChI is InChI=1S/C17H22N2O5/c1-18(16(21)13-7-3-4-8-14(13)24-2)11-15(20)19-9-5-6-12(10-19)17(22)23/h3-4,7-8,12H,5-6,9-11H2,1-2H3,(H,22,23). The van der Waals surface area contributed by atoms with Crippen LogP contribution in [-0.4, -0.2) is 66.5 Å². The molecule has 7 nitrogen and oxygen atoms in total. The van der Waals surface area contributed by atoms with Gasteiger partial charge in [0, 0.05) is 20.1 Å². The van der Waals surface area contributed by atoms with Gasteiger partial charge in [-0.1, -0.05) is 12.1 Å². The number of hydrogen-bond acceptors (Lipinski definition) is 4. The van der Waals surface area contributed by atoms with E-state index in [1.165, 1.54) is 16.9 Å². The molecule has 0 saturated carbocycles. The molecular formula is C17H22N2O5. The number of para-hydroxylation sites is 1. The van der Waals surface area contributed by atoms with Gasteiger partial charge in [-0.05, 0) is 25.0 Å². The summed E-state index contributed by atoms with van der Waals surface area (Å²) >= 11 is 0. The van der Waals surface area contributed by atoms with Gasteiger partial charge < -0.3 is 19.6 Å². The Kier molecular flexibility index (Phi) is 5.78. The largest absolute Gasteiger partial charge is 0.496 e. The van der Waals surface area contributed by atoms with Crippen LogP contribution in [0.4, 0.5) is 0 Å². The zero-order valence-corrected chi connectivity index (χ0v) is 13.9. The fraction of sp³-hybridized carbons (Fsp3) is 0.471. The van der Waals surface area contributed by atoms with E-state index in [4.69, 9.17) is 9.84 Å². The number of rotatable bonds is 5. The van der Waals surface area contributed by atoms with Crippen LogP contribution >= 0.6 is 0 Å². The molecule has 1 aliphatic heterocycles. The Morgan fingerprint density at radius 2 is 2.04 bits per heavy atom. The van der Waals surface area contributed by atoms with Crippen molar-refractivity contribution in [2.45, 2.75) is 12.8 Å². The number of nitrogens with zero attached hydrogens (tertiary/aromatic N) is 2. The number of aliphatic carboxylic acids is 1. The highest BCUT2D eigenvalue weighted by Crippen LogP contribution is 2.20. The highest BCUT2D eigenvalue weighted by Gasteiger charge is 2.29. The Bertz CT molecular complexity index is 631. The third kappa shape index (κ3) is 4.04. The van der Waals surface area contributed by atoms with Gasteiger partial charge in [-0.25, -0.2) is 0 Å². The first kappa shape index (κ1) is 17.8. The van der Waals surface area contributed by atoms with Gasteiger partial charge >= 0.3 is 5.97 Å². The van der Waals surface area contributed by atoms with Gasteiger partial charge in [-0.3, -0.25) is 14.4 Å². The lowest BCUT2D eigenvalue weighted by Crippen LogP contribution is -2.46. The average molecular weight is 334 g/mol. The number of likely N-dealkylation sites (tertiary alicyclic amines) is 1. The predicted molar refractivity (Wildman–Crippen MR) is 86.9 cm³/mol. The molecule has 1 heterocycles. The molecule has 0 radical (unpaired) electrons. The molecule has 7 heteroatoms. The van der Waals surface area contributed by atoms with Crippen molar-refractivity contribution >= 4 is 17.8 Å². The molecule has 24 heavy (non-hydrogen) atoms. The van der Waals surface area contributed by atoms with Crippen molar-refractivity contribution in [3.63, 3.8) is 0 Å². The molecule has 0 aliphatic carbocycles. The van der Waals surface area contributed by atoms with Crippen LogP contribution in [0.5, 0.6) is 5.75 Å². The predicted octanol–water partition coefficient (Wildman–Crippen LogP) is 1.09. The second-order valence-electron chi connectivity index (χ2n) is 5.88. The van der Waals surface area contributed by atoms with Crippen molar-refractivity contribution in [3.8, 4) is 5.75 Å². The van der Waals surface area contributed by atoms with Crippen molar-refractivity contribution in [3.05, 3.63) is 29.8 Å². The Morgan fingerprint density at radius 1 is 1.33 bits per heavy atom. The number of methoxy groups -OCH3 is 1. The maximum atomic E-state index is 12.5. The summed E-state index contributed by atoms with van der Waals surface area (Å²) in [6, 6.07) is 6.82. The topological polar surface area (TPSA) is 87.2 Å². The van der Waals surface area contributed by atoms with E-state index in [2.05, 4.69) is 0 Å². The van der Waals surface area contributed by atoms with E-state index in [0.29, 0.717) is 30.7 Å². The molecule has 1 aromatic rings. The molecule has 2 rings (SSSR count). The average Bonchev–Trinajstić information content (AvgIpc) is 2.60. The van der Waals surface area contributed by atoms with Crippen LogP contribution in [0.2, 0.25) is 0 Å². The Morgan fingerprint density at radius 3 is 2.71 bits per heavy atom. The number of ether oxygens (including phenoxy) is 1. The van der Waals surface area contributed by atoms with Crippen molar-refractivity contribution in [2.75, 3.05) is 33.8 Å². The summed E-state index contributed by atoms with van der Waals surface area (Å²) in [6.07, 6.45) is 1.24. The van der Waals surface area contributed by atoms with E-state index in [0.717, 1.165) is 0 Å². The minimum Gasteiger partial charge on any atom is -0.496 e. The second kappa shape index (κ2) is 7.81. The summed E-state index contributed by atoms with van der Waals surface area (Å²) in [5.74, 6) is -1.52. The van der Waals surface area contributed by atoms with Gasteiger partial charge in [0.1, 0.15) is 5.75 Å². The number of likely N-dealkylation sites (N-methyl/N-ethyl adjacent to an activating group) is 1. The van der Waals surface area contributed by atoms with E-state index in [1.807, 2.05) is 0 Å². The van der Waals surface area contributed by atoms with Crippen LogP contribution in [0.3, 0.4) is 0 Å². The number of carboxylic acids is 1. The first-order valence-electron chi connectivity index (χ1n) is 7.83. The van der Waals surface area contributed by atoms with Crippen LogP contribution in [0.15, 0.2) is 24.3 Å². The smallest absolute Gasteiger partial charge is 0.308 e. The van der Waals surface area contributed by atoms with Gasteiger partial charge in [0.15, 0.2) is 0 Å². The number of amides is 2. The van der Waals surface area contributed by atoms with E-state index in [-0.39, 0.29) is 24.9 Å². The lowest BCUT2D eigenvalue weighted by Gasteiger charge is -2.32. The zero-order chi connectivity index (χ0) is 17.7. The molecule has 1 atom stereocenters. The number of carboxylic acid groups (broad SMARTS) is 1. The Hall–Kier alpha value is -2.57. The van der Waals surface area contributed by atoms with Crippen LogP contribution < -0.4 is 4.74 Å². The molecule has 0 spiro atoms. The lowest BCUT2D eigenvalue weighted by molar-refractivity contribution is -0.145. The number of hydrogen-bond donors (Lipinski definition) is 1. The van der Waals surface area contributed by atoms with Crippen molar-refractivity contribution < 1.29 is 24.2 Å². The molecule has 1 N–H and O–H groups in total. The highest BCUT2D eigenvalue weighted by molar-refractivity contribution is 5.98. The third-order valence-corrected chi connectivity index (χ3v) is 4.18. The normalized spacial score (nSPS) is 17.2. The Labute approximate surface area is 140 Å². The molecule has 130 valence electrons. The van der Waals surface area contributed by atoms with E-state index >= 15 is 0 Å². The van der Waals surface area contributed by atoms with E-state index < -0.39 is 11.9 Å². The molecule has 1 fully saturated rings. The minimum absolute atomic E-state index is 0.0940. The number of carbonyl (C=O) groups is 3. The second-order valence-corrected chi connectivity index (χ2v) is 5.88. The fourth-order valence-corrected chi connectivity index (χ4v) is 2.81. The summed E-state index contributed by atoms with van der Waals surface area (Å²) in [5.41, 5.74) is 0.386. The first-order valence-corrected chi connectivity index (χ1v) is 7.83. The van der Waals surface area contributed by atoms with Crippen LogP contribution in [0, 0.1) is 5.92 Å². The molecule has 2 amide bonds. The Balaban J connectivity index is 2.00. The van der Waals surface area contributed by atoms with E-state index in [1.54, 1.807) is 31.3 Å².